The predicted octanol–water partition coefficient (Wildman–Crippen LogP) is 0.991. The second-order valence-electron chi connectivity index (χ2n) is 4.69. The van der Waals surface area contributed by atoms with E-state index in [1.807, 2.05) is 6.07 Å². The molecule has 0 saturated carbocycles. The van der Waals surface area contributed by atoms with Crippen LogP contribution in [0.4, 0.5) is 11.8 Å². The molecule has 94 valence electrons. The van der Waals surface area contributed by atoms with Crippen LogP contribution in [0.3, 0.4) is 0 Å². The van der Waals surface area contributed by atoms with Crippen molar-refractivity contribution in [2.24, 2.45) is 11.3 Å². The van der Waals surface area contributed by atoms with Crippen LogP contribution in [-0.4, -0.2) is 29.7 Å². The zero-order valence-corrected chi connectivity index (χ0v) is 10.1. The molecule has 0 unspecified atom stereocenters. The van der Waals surface area contributed by atoms with E-state index >= 15 is 0 Å². The maximum absolute atomic E-state index is 5.37. The molecular weight excluding hydrogens is 218 g/mol. The third-order valence-electron chi connectivity index (χ3n) is 3.18. The molecule has 1 fully saturated rings. The normalized spacial score (nSPS) is 18.7. The molecule has 1 aliphatic rings. The summed E-state index contributed by atoms with van der Waals surface area (Å²) in [4.78, 5) is 8.18. The molecule has 0 radical (unpaired) electrons. The van der Waals surface area contributed by atoms with Crippen LogP contribution < -0.4 is 16.6 Å². The number of hydrogen-bond donors (Lipinski definition) is 3. The minimum atomic E-state index is 0.277. The lowest BCUT2D eigenvalue weighted by Gasteiger charge is -2.33. The van der Waals surface area contributed by atoms with Crippen molar-refractivity contribution in [1.82, 2.24) is 9.97 Å². The Balaban J connectivity index is 1.92. The van der Waals surface area contributed by atoms with Crippen LogP contribution in [0, 0.1) is 5.41 Å². The maximum Gasteiger partial charge on any atom is 0.239 e. The molecule has 6 nitrogen and oxygen atoms in total. The summed E-state index contributed by atoms with van der Waals surface area (Å²) in [7, 11) is 0. The molecule has 0 amide bonds. The molecule has 2 heterocycles. The van der Waals surface area contributed by atoms with Crippen molar-refractivity contribution in [2.75, 3.05) is 30.5 Å². The van der Waals surface area contributed by atoms with Crippen LogP contribution in [0.15, 0.2) is 12.3 Å². The SMILES string of the molecule is CC1(CNc2ccnc(NN)n2)CCOCC1. The Kier molecular flexibility index (Phi) is 3.75. The third kappa shape index (κ3) is 3.28. The van der Waals surface area contributed by atoms with Gasteiger partial charge in [0.25, 0.3) is 0 Å². The Morgan fingerprint density at radius 1 is 1.47 bits per heavy atom. The average molecular weight is 237 g/mol. The van der Waals surface area contributed by atoms with Gasteiger partial charge in [-0.2, -0.15) is 4.98 Å². The Morgan fingerprint density at radius 3 is 2.94 bits per heavy atom. The largest absolute Gasteiger partial charge is 0.381 e. The van der Waals surface area contributed by atoms with Gasteiger partial charge in [0, 0.05) is 26.0 Å². The van der Waals surface area contributed by atoms with E-state index in [1.54, 1.807) is 6.20 Å². The van der Waals surface area contributed by atoms with Crippen molar-refractivity contribution in [3.8, 4) is 0 Å². The fraction of sp³-hybridized carbons (Fsp3) is 0.636. The molecule has 4 N–H and O–H groups in total. The number of ether oxygens (including phenoxy) is 1. The summed E-state index contributed by atoms with van der Waals surface area (Å²) >= 11 is 0. The molecule has 6 heteroatoms. The fourth-order valence-corrected chi connectivity index (χ4v) is 1.87. The fourth-order valence-electron chi connectivity index (χ4n) is 1.87. The first-order chi connectivity index (χ1) is 8.22. The highest BCUT2D eigenvalue weighted by Crippen LogP contribution is 2.29. The lowest BCUT2D eigenvalue weighted by atomic mass is 9.82. The smallest absolute Gasteiger partial charge is 0.239 e. The summed E-state index contributed by atoms with van der Waals surface area (Å²) in [5.74, 6) is 6.48. The van der Waals surface area contributed by atoms with E-state index in [-0.39, 0.29) is 5.41 Å². The Labute approximate surface area is 101 Å². The second-order valence-corrected chi connectivity index (χ2v) is 4.69. The van der Waals surface area contributed by atoms with E-state index in [2.05, 4.69) is 27.6 Å². The van der Waals surface area contributed by atoms with E-state index < -0.39 is 0 Å². The highest BCUT2D eigenvalue weighted by molar-refractivity contribution is 5.39. The zero-order chi connectivity index (χ0) is 12.1. The maximum atomic E-state index is 5.37. The Bertz CT molecular complexity index is 365. The monoisotopic (exact) mass is 237 g/mol. The molecule has 1 aromatic rings. The van der Waals surface area contributed by atoms with Crippen LogP contribution >= 0.6 is 0 Å². The minimum absolute atomic E-state index is 0.277. The van der Waals surface area contributed by atoms with Gasteiger partial charge in [-0.1, -0.05) is 6.92 Å². The molecule has 1 aromatic heterocycles. The Hall–Kier alpha value is -1.40. The minimum Gasteiger partial charge on any atom is -0.381 e. The van der Waals surface area contributed by atoms with E-state index in [0.717, 1.165) is 38.4 Å². The lowest BCUT2D eigenvalue weighted by Crippen LogP contribution is -2.33. The third-order valence-corrected chi connectivity index (χ3v) is 3.18. The number of hydrazine groups is 1. The topological polar surface area (TPSA) is 85.1 Å². The van der Waals surface area contributed by atoms with Crippen LogP contribution in [-0.2, 0) is 4.74 Å². The number of aromatic nitrogens is 2. The molecule has 1 saturated heterocycles. The summed E-state index contributed by atoms with van der Waals surface area (Å²) in [5, 5.41) is 3.33. The summed E-state index contributed by atoms with van der Waals surface area (Å²) in [5.41, 5.74) is 2.71. The van der Waals surface area contributed by atoms with Gasteiger partial charge >= 0.3 is 0 Å². The summed E-state index contributed by atoms with van der Waals surface area (Å²) in [6.07, 6.45) is 3.83. The summed E-state index contributed by atoms with van der Waals surface area (Å²) < 4.78 is 5.37. The number of hydrogen-bond acceptors (Lipinski definition) is 6. The first-order valence-electron chi connectivity index (χ1n) is 5.83. The molecule has 2 rings (SSSR count). The zero-order valence-electron chi connectivity index (χ0n) is 10.1. The van der Waals surface area contributed by atoms with Crippen molar-refractivity contribution in [2.45, 2.75) is 19.8 Å². The van der Waals surface area contributed by atoms with Crippen LogP contribution in [0.2, 0.25) is 0 Å². The van der Waals surface area contributed by atoms with E-state index in [9.17, 15) is 0 Å². The Morgan fingerprint density at radius 2 is 2.24 bits per heavy atom. The molecule has 0 bridgehead atoms. The standard InChI is InChI=1S/C11H19N5O/c1-11(3-6-17-7-4-11)8-14-9-2-5-13-10(15-9)16-12/h2,5H,3-4,6-8,12H2,1H3,(H2,13,14,15,16). The van der Waals surface area contributed by atoms with Crippen molar-refractivity contribution < 1.29 is 4.74 Å². The van der Waals surface area contributed by atoms with Crippen molar-refractivity contribution in [3.63, 3.8) is 0 Å². The second kappa shape index (κ2) is 5.29. The van der Waals surface area contributed by atoms with E-state index in [0.29, 0.717) is 5.95 Å². The quantitative estimate of drug-likeness (QED) is 0.535. The molecule has 17 heavy (non-hydrogen) atoms. The molecule has 0 atom stereocenters. The number of anilines is 2. The summed E-state index contributed by atoms with van der Waals surface area (Å²) in [6, 6.07) is 1.84. The van der Waals surface area contributed by atoms with Crippen LogP contribution in [0.1, 0.15) is 19.8 Å². The predicted molar refractivity (Wildman–Crippen MR) is 66.5 cm³/mol. The van der Waals surface area contributed by atoms with Gasteiger partial charge < -0.3 is 10.1 Å². The van der Waals surface area contributed by atoms with Gasteiger partial charge in [-0.25, -0.2) is 10.8 Å². The number of nitrogens with one attached hydrogen (secondary N) is 2. The first-order valence-corrected chi connectivity index (χ1v) is 5.83. The van der Waals surface area contributed by atoms with Gasteiger partial charge in [0.05, 0.1) is 0 Å². The van der Waals surface area contributed by atoms with Gasteiger partial charge in [-0.15, -0.1) is 0 Å². The lowest BCUT2D eigenvalue weighted by molar-refractivity contribution is 0.0300. The van der Waals surface area contributed by atoms with Crippen molar-refractivity contribution in [3.05, 3.63) is 12.3 Å². The van der Waals surface area contributed by atoms with Gasteiger partial charge in [0.2, 0.25) is 5.95 Å². The molecule has 0 spiro atoms. The molecular formula is C11H19N5O. The van der Waals surface area contributed by atoms with Crippen molar-refractivity contribution in [1.29, 1.82) is 0 Å². The highest BCUT2D eigenvalue weighted by atomic mass is 16.5. The van der Waals surface area contributed by atoms with Crippen LogP contribution in [0.25, 0.3) is 0 Å². The van der Waals surface area contributed by atoms with Crippen molar-refractivity contribution >= 4 is 11.8 Å². The number of nitrogens with two attached hydrogens (primary N) is 1. The first kappa shape index (κ1) is 12.1. The average Bonchev–Trinajstić information content (AvgIpc) is 2.38. The van der Waals surface area contributed by atoms with Gasteiger partial charge in [-0.05, 0) is 24.3 Å². The number of rotatable bonds is 4. The van der Waals surface area contributed by atoms with Gasteiger partial charge in [-0.3, -0.25) is 5.43 Å². The van der Waals surface area contributed by atoms with Crippen LogP contribution in [0.5, 0.6) is 0 Å². The highest BCUT2D eigenvalue weighted by Gasteiger charge is 2.27. The van der Waals surface area contributed by atoms with E-state index in [1.165, 1.54) is 0 Å². The molecule has 1 aliphatic heterocycles. The van der Waals surface area contributed by atoms with Gasteiger partial charge in [0.15, 0.2) is 0 Å². The molecule has 0 aliphatic carbocycles. The van der Waals surface area contributed by atoms with Gasteiger partial charge in [0.1, 0.15) is 5.82 Å². The molecule has 0 aromatic carbocycles. The summed E-state index contributed by atoms with van der Waals surface area (Å²) in [6.45, 7) is 4.85. The van der Waals surface area contributed by atoms with E-state index in [4.69, 9.17) is 10.6 Å². The number of nitrogen functional groups attached to an aromatic ring is 1. The number of nitrogens with zero attached hydrogens (tertiary/aromatic N) is 2.